The van der Waals surface area contributed by atoms with Crippen LogP contribution < -0.4 is 0 Å². The van der Waals surface area contributed by atoms with Gasteiger partial charge >= 0.3 is 0 Å². The molecule has 0 amide bonds. The molecule has 1 rings (SSSR count). The third kappa shape index (κ3) is 6.82. The molecule has 8 heteroatoms. The van der Waals surface area contributed by atoms with E-state index < -0.39 is 16.7 Å². The molecule has 0 aliphatic carbocycles. The fourth-order valence-electron chi connectivity index (χ4n) is 2.01. The first-order valence-electron chi connectivity index (χ1n) is 8.02. The zero-order valence-corrected chi connectivity index (χ0v) is 17.1. The highest BCUT2D eigenvalue weighted by Gasteiger charge is 2.43. The van der Waals surface area contributed by atoms with E-state index in [4.69, 9.17) is 31.3 Å². The van der Waals surface area contributed by atoms with Crippen molar-refractivity contribution < 1.29 is 18.2 Å². The van der Waals surface area contributed by atoms with Crippen LogP contribution in [0.25, 0.3) is 0 Å². The van der Waals surface area contributed by atoms with Crippen molar-refractivity contribution in [1.29, 1.82) is 5.26 Å². The van der Waals surface area contributed by atoms with Crippen LogP contribution in [-0.4, -0.2) is 54.3 Å². The number of nitrogens with zero attached hydrogens (tertiary/aromatic N) is 1. The maximum absolute atomic E-state index is 8.51. The van der Waals surface area contributed by atoms with Crippen molar-refractivity contribution in [3.63, 3.8) is 0 Å². The van der Waals surface area contributed by atoms with Gasteiger partial charge in [-0.2, -0.15) is 5.26 Å². The molecule has 4 unspecified atom stereocenters. The zero-order valence-electron chi connectivity index (χ0n) is 15.2. The Bertz CT molecular complexity index is 413. The number of rotatable bonds is 8. The summed E-state index contributed by atoms with van der Waals surface area (Å²) >= 11 is 0. The molecule has 1 saturated heterocycles. The summed E-state index contributed by atoms with van der Waals surface area (Å²) in [5.74, 6) is 0. The average Bonchev–Trinajstić information content (AvgIpc) is 2.74. The molecule has 0 bridgehead atoms. The van der Waals surface area contributed by atoms with Gasteiger partial charge in [-0.15, -0.1) is 0 Å². The van der Waals surface area contributed by atoms with Crippen molar-refractivity contribution in [2.45, 2.75) is 70.0 Å². The van der Waals surface area contributed by atoms with Crippen molar-refractivity contribution in [3.8, 4) is 6.07 Å². The summed E-state index contributed by atoms with van der Waals surface area (Å²) in [6.07, 6.45) is 0.868. The molecule has 0 aromatic carbocycles. The molecule has 1 heterocycles. The van der Waals surface area contributed by atoms with E-state index in [1.165, 1.54) is 0 Å². The molecule has 0 N–H and O–H groups in total. The summed E-state index contributed by atoms with van der Waals surface area (Å²) in [4.78, 5) is 0. The van der Waals surface area contributed by atoms with Gasteiger partial charge in [0.2, 0.25) is 0 Å². The SMILES string of the molecule is [B]C1CC(O[Si](C)(C)C(C)(C)C)C(COP(C)OCCC#N)O1. The van der Waals surface area contributed by atoms with Crippen LogP contribution >= 0.6 is 8.38 Å². The summed E-state index contributed by atoms with van der Waals surface area (Å²) in [6.45, 7) is 13.8. The molecule has 0 aromatic heterocycles. The zero-order chi connectivity index (χ0) is 17.7. The van der Waals surface area contributed by atoms with Crippen LogP contribution in [0, 0.1) is 11.3 Å². The van der Waals surface area contributed by atoms with Crippen molar-refractivity contribution in [2.24, 2.45) is 0 Å². The Labute approximate surface area is 144 Å². The average molecular weight is 357 g/mol. The molecular formula is C15H29BNO4PSi. The summed E-state index contributed by atoms with van der Waals surface area (Å²) in [6, 6.07) is 1.74. The van der Waals surface area contributed by atoms with E-state index >= 15 is 0 Å². The molecule has 23 heavy (non-hydrogen) atoms. The van der Waals surface area contributed by atoms with Crippen molar-refractivity contribution >= 4 is 24.5 Å². The largest absolute Gasteiger partial charge is 0.411 e. The lowest BCUT2D eigenvalue weighted by Gasteiger charge is -2.39. The highest BCUT2D eigenvalue weighted by molar-refractivity contribution is 7.46. The Morgan fingerprint density at radius 3 is 2.57 bits per heavy atom. The van der Waals surface area contributed by atoms with E-state index in [9.17, 15) is 0 Å². The molecule has 130 valence electrons. The maximum Gasteiger partial charge on any atom is 0.192 e. The van der Waals surface area contributed by atoms with Gasteiger partial charge in [-0.05, 0) is 24.6 Å². The quantitative estimate of drug-likeness (QED) is 0.378. The van der Waals surface area contributed by atoms with Crippen LogP contribution in [-0.2, 0) is 18.2 Å². The second-order valence-corrected chi connectivity index (χ2v) is 13.5. The minimum atomic E-state index is -1.88. The fraction of sp³-hybridized carbons (Fsp3) is 0.933. The molecule has 1 aliphatic heterocycles. The summed E-state index contributed by atoms with van der Waals surface area (Å²) in [5, 5.41) is 8.65. The lowest BCUT2D eigenvalue weighted by Crippen LogP contribution is -2.46. The van der Waals surface area contributed by atoms with Gasteiger partial charge in [0.05, 0.1) is 31.8 Å². The predicted molar refractivity (Wildman–Crippen MR) is 96.1 cm³/mol. The van der Waals surface area contributed by atoms with Gasteiger partial charge in [0, 0.05) is 12.7 Å². The Kier molecular flexibility index (Phi) is 8.19. The Morgan fingerprint density at radius 1 is 1.35 bits per heavy atom. The molecule has 4 atom stereocenters. The van der Waals surface area contributed by atoms with Crippen molar-refractivity contribution in [3.05, 3.63) is 0 Å². The monoisotopic (exact) mass is 357 g/mol. The lowest BCUT2D eigenvalue weighted by molar-refractivity contribution is 0.00615. The fourth-order valence-corrected chi connectivity index (χ4v) is 4.15. The van der Waals surface area contributed by atoms with Crippen LogP contribution in [0.3, 0.4) is 0 Å². The maximum atomic E-state index is 8.51. The minimum Gasteiger partial charge on any atom is -0.411 e. The van der Waals surface area contributed by atoms with Crippen LogP contribution in [0.4, 0.5) is 0 Å². The Morgan fingerprint density at radius 2 is 2.00 bits per heavy atom. The summed E-state index contributed by atoms with van der Waals surface area (Å²) < 4.78 is 23.4. The molecular weight excluding hydrogens is 328 g/mol. The first-order valence-corrected chi connectivity index (χ1v) is 12.6. The van der Waals surface area contributed by atoms with E-state index in [2.05, 4.69) is 33.9 Å². The van der Waals surface area contributed by atoms with Gasteiger partial charge in [-0.1, -0.05) is 20.8 Å². The number of hydrogen-bond donors (Lipinski definition) is 0. The normalized spacial score (nSPS) is 26.9. The standard InChI is InChI=1S/C15H29BNO4PSi/c1-15(2,3)23(5,6)21-12-10-14(16)20-13(12)11-19-22(4)18-9-7-8-17/h12-14H,7,9-11H2,1-6H3. The number of nitriles is 1. The van der Waals surface area contributed by atoms with Gasteiger partial charge in [0.25, 0.3) is 0 Å². The van der Waals surface area contributed by atoms with E-state index in [0.29, 0.717) is 26.1 Å². The van der Waals surface area contributed by atoms with E-state index in [1.54, 1.807) is 0 Å². The highest BCUT2D eigenvalue weighted by Crippen LogP contribution is 2.40. The van der Waals surface area contributed by atoms with E-state index in [1.807, 2.05) is 12.7 Å². The van der Waals surface area contributed by atoms with Gasteiger partial charge < -0.3 is 18.2 Å². The molecule has 0 saturated carbocycles. The van der Waals surface area contributed by atoms with Crippen molar-refractivity contribution in [2.75, 3.05) is 19.9 Å². The highest BCUT2D eigenvalue weighted by atomic mass is 31.2. The van der Waals surface area contributed by atoms with Crippen LogP contribution in [0.5, 0.6) is 0 Å². The Balaban J connectivity index is 2.52. The predicted octanol–water partition coefficient (Wildman–Crippen LogP) is 3.55. The van der Waals surface area contributed by atoms with Gasteiger partial charge in [-0.25, -0.2) is 0 Å². The van der Waals surface area contributed by atoms with Crippen molar-refractivity contribution in [1.82, 2.24) is 0 Å². The third-order valence-corrected chi connectivity index (χ3v) is 9.95. The second-order valence-electron chi connectivity index (χ2n) is 7.34. The lowest BCUT2D eigenvalue weighted by atomic mass is 9.96. The molecule has 1 fully saturated rings. The van der Waals surface area contributed by atoms with Gasteiger partial charge in [-0.3, -0.25) is 0 Å². The van der Waals surface area contributed by atoms with E-state index in [-0.39, 0.29) is 23.2 Å². The Hall–Kier alpha value is 0.0418. The first-order chi connectivity index (χ1) is 10.6. The molecule has 0 spiro atoms. The first kappa shape index (κ1) is 21.1. The number of hydrogen-bond acceptors (Lipinski definition) is 5. The summed E-state index contributed by atoms with van der Waals surface area (Å²) in [7, 11) is 3.05. The smallest absolute Gasteiger partial charge is 0.192 e. The van der Waals surface area contributed by atoms with E-state index in [0.717, 1.165) is 0 Å². The summed E-state index contributed by atoms with van der Waals surface area (Å²) in [5.41, 5.74) is 0. The molecule has 1 aliphatic rings. The van der Waals surface area contributed by atoms with Crippen LogP contribution in [0.2, 0.25) is 18.1 Å². The second kappa shape index (κ2) is 8.94. The third-order valence-electron chi connectivity index (χ3n) is 4.39. The molecule has 5 nitrogen and oxygen atoms in total. The minimum absolute atomic E-state index is 0.0339. The number of ether oxygens (including phenoxy) is 1. The molecule has 0 aromatic rings. The topological polar surface area (TPSA) is 60.7 Å². The molecule has 2 radical (unpaired) electrons. The van der Waals surface area contributed by atoms with Gasteiger partial charge in [0.1, 0.15) is 14.0 Å². The van der Waals surface area contributed by atoms with Crippen LogP contribution in [0.1, 0.15) is 33.6 Å². The van der Waals surface area contributed by atoms with Crippen LogP contribution in [0.15, 0.2) is 0 Å². The van der Waals surface area contributed by atoms with Gasteiger partial charge in [0.15, 0.2) is 16.7 Å².